The number of rotatable bonds is 12. The van der Waals surface area contributed by atoms with E-state index in [0.717, 1.165) is 38.5 Å². The molecule has 1 unspecified atom stereocenters. The lowest BCUT2D eigenvalue weighted by Crippen LogP contribution is -2.43. The first kappa shape index (κ1) is 18.6. The van der Waals surface area contributed by atoms with E-state index in [1.807, 2.05) is 0 Å². The molecule has 3 heteroatoms. The Morgan fingerprint density at radius 1 is 0.952 bits per heavy atom. The van der Waals surface area contributed by atoms with Gasteiger partial charge in [0.25, 0.3) is 0 Å². The molecule has 1 fully saturated rings. The predicted molar refractivity (Wildman–Crippen MR) is 86.3 cm³/mol. The highest BCUT2D eigenvalue weighted by Crippen LogP contribution is 2.37. The molecule has 0 bridgehead atoms. The van der Waals surface area contributed by atoms with E-state index < -0.39 is 5.79 Å². The normalized spacial score (nSPS) is 18.8. The monoisotopic (exact) mass is 298 g/mol. The average Bonchev–Trinajstić information content (AvgIpc) is 2.94. The van der Waals surface area contributed by atoms with Gasteiger partial charge in [-0.1, -0.05) is 59.3 Å². The van der Waals surface area contributed by atoms with Gasteiger partial charge in [-0.05, 0) is 12.8 Å². The summed E-state index contributed by atoms with van der Waals surface area (Å²) in [6, 6.07) is 0. The van der Waals surface area contributed by atoms with Crippen LogP contribution >= 0.6 is 0 Å². The smallest absolute Gasteiger partial charge is 0.178 e. The molecule has 0 spiro atoms. The molecule has 0 aromatic rings. The molecular weight excluding hydrogens is 264 g/mol. The molecule has 0 saturated carbocycles. The summed E-state index contributed by atoms with van der Waals surface area (Å²) in [7, 11) is 0. The Labute approximate surface area is 130 Å². The number of carbonyl (C=O) groups is 1. The molecule has 1 heterocycles. The number of ether oxygens (including phenoxy) is 2. The number of carbonyl (C=O) groups excluding carboxylic acids is 1. The molecule has 0 radical (unpaired) electrons. The number of hydrogen-bond acceptors (Lipinski definition) is 3. The number of Topliss-reactive ketones (excluding diaryl/α,β-unsaturated/α-hetero) is 1. The molecule has 124 valence electrons. The van der Waals surface area contributed by atoms with E-state index in [9.17, 15) is 4.79 Å². The fourth-order valence-corrected chi connectivity index (χ4v) is 3.27. The zero-order chi connectivity index (χ0) is 15.6. The fourth-order valence-electron chi connectivity index (χ4n) is 3.27. The van der Waals surface area contributed by atoms with Crippen LogP contribution in [0.3, 0.4) is 0 Å². The van der Waals surface area contributed by atoms with Gasteiger partial charge in [-0.3, -0.25) is 4.79 Å². The first-order valence-electron chi connectivity index (χ1n) is 9.00. The summed E-state index contributed by atoms with van der Waals surface area (Å²) in [5.74, 6) is -0.335. The molecular formula is C18H34O3. The lowest BCUT2D eigenvalue weighted by atomic mass is 9.84. The van der Waals surface area contributed by atoms with E-state index in [-0.39, 0.29) is 5.92 Å². The van der Waals surface area contributed by atoms with Crippen LogP contribution in [0.4, 0.5) is 0 Å². The average molecular weight is 298 g/mol. The second kappa shape index (κ2) is 10.3. The molecule has 0 N–H and O–H groups in total. The van der Waals surface area contributed by atoms with Crippen molar-refractivity contribution in [1.82, 2.24) is 0 Å². The summed E-state index contributed by atoms with van der Waals surface area (Å²) in [6.45, 7) is 7.75. The third-order valence-corrected chi connectivity index (χ3v) is 4.42. The summed E-state index contributed by atoms with van der Waals surface area (Å²) < 4.78 is 11.9. The SMILES string of the molecule is CCCCCCC(C(=O)CCCC)C1(CCC)OCCO1. The maximum Gasteiger partial charge on any atom is 0.178 e. The Morgan fingerprint density at radius 3 is 2.19 bits per heavy atom. The standard InChI is InChI=1S/C18H34O3/c1-4-7-9-10-11-16(17(19)12-8-5-2)18(13-6-3)20-14-15-21-18/h16H,4-15H2,1-3H3. The van der Waals surface area contributed by atoms with Crippen LogP contribution in [-0.4, -0.2) is 24.8 Å². The second-order valence-electron chi connectivity index (χ2n) is 6.23. The van der Waals surface area contributed by atoms with Crippen LogP contribution in [-0.2, 0) is 14.3 Å². The van der Waals surface area contributed by atoms with Crippen LogP contribution in [0, 0.1) is 5.92 Å². The Morgan fingerprint density at radius 2 is 1.62 bits per heavy atom. The van der Waals surface area contributed by atoms with Gasteiger partial charge < -0.3 is 9.47 Å². The highest BCUT2D eigenvalue weighted by atomic mass is 16.7. The van der Waals surface area contributed by atoms with Gasteiger partial charge in [-0.25, -0.2) is 0 Å². The Hall–Kier alpha value is -0.410. The molecule has 1 aliphatic heterocycles. The topological polar surface area (TPSA) is 35.5 Å². The van der Waals surface area contributed by atoms with Gasteiger partial charge >= 0.3 is 0 Å². The molecule has 1 aliphatic rings. The Kier molecular flexibility index (Phi) is 9.18. The largest absolute Gasteiger partial charge is 0.347 e. The first-order valence-corrected chi connectivity index (χ1v) is 9.00. The van der Waals surface area contributed by atoms with Crippen LogP contribution in [0.1, 0.15) is 85.0 Å². The van der Waals surface area contributed by atoms with E-state index >= 15 is 0 Å². The van der Waals surface area contributed by atoms with Crippen LogP contribution in [0.2, 0.25) is 0 Å². The predicted octanol–water partition coefficient (Wildman–Crippen LogP) is 4.88. The molecule has 1 atom stereocenters. The molecule has 1 saturated heterocycles. The maximum absolute atomic E-state index is 12.7. The van der Waals surface area contributed by atoms with Crippen molar-refractivity contribution in [2.75, 3.05) is 13.2 Å². The molecule has 1 rings (SSSR count). The van der Waals surface area contributed by atoms with Gasteiger partial charge in [0.15, 0.2) is 5.79 Å². The van der Waals surface area contributed by atoms with Crippen LogP contribution in [0.5, 0.6) is 0 Å². The van der Waals surface area contributed by atoms with E-state index in [2.05, 4.69) is 20.8 Å². The quantitative estimate of drug-likeness (QED) is 0.482. The summed E-state index contributed by atoms with van der Waals surface area (Å²) >= 11 is 0. The van der Waals surface area contributed by atoms with E-state index in [0.29, 0.717) is 25.4 Å². The highest BCUT2D eigenvalue weighted by molar-refractivity contribution is 5.82. The Bertz CT molecular complexity index is 282. The molecule has 3 nitrogen and oxygen atoms in total. The van der Waals surface area contributed by atoms with E-state index in [1.54, 1.807) is 0 Å². The van der Waals surface area contributed by atoms with E-state index in [4.69, 9.17) is 9.47 Å². The van der Waals surface area contributed by atoms with Crippen molar-refractivity contribution in [1.29, 1.82) is 0 Å². The van der Waals surface area contributed by atoms with Crippen LogP contribution in [0.15, 0.2) is 0 Å². The third kappa shape index (κ3) is 5.71. The molecule has 0 aromatic carbocycles. The van der Waals surface area contributed by atoms with Crippen LogP contribution in [0.25, 0.3) is 0 Å². The van der Waals surface area contributed by atoms with Crippen molar-refractivity contribution < 1.29 is 14.3 Å². The molecule has 0 amide bonds. The first-order chi connectivity index (χ1) is 10.2. The summed E-state index contributed by atoms with van der Waals surface area (Å²) in [6.07, 6.45) is 10.2. The summed E-state index contributed by atoms with van der Waals surface area (Å²) in [5, 5.41) is 0. The van der Waals surface area contributed by atoms with Crippen molar-refractivity contribution in [3.05, 3.63) is 0 Å². The van der Waals surface area contributed by atoms with Crippen molar-refractivity contribution in [3.63, 3.8) is 0 Å². The molecule has 0 aliphatic carbocycles. The molecule has 21 heavy (non-hydrogen) atoms. The minimum atomic E-state index is -0.619. The minimum absolute atomic E-state index is 0.0663. The van der Waals surface area contributed by atoms with Crippen molar-refractivity contribution in [3.8, 4) is 0 Å². The number of unbranched alkanes of at least 4 members (excludes halogenated alkanes) is 4. The van der Waals surface area contributed by atoms with Crippen LogP contribution < -0.4 is 0 Å². The van der Waals surface area contributed by atoms with Gasteiger partial charge in [0.2, 0.25) is 0 Å². The zero-order valence-electron chi connectivity index (χ0n) is 14.3. The third-order valence-electron chi connectivity index (χ3n) is 4.42. The lowest BCUT2D eigenvalue weighted by molar-refractivity contribution is -0.203. The van der Waals surface area contributed by atoms with Gasteiger partial charge in [0.05, 0.1) is 19.1 Å². The van der Waals surface area contributed by atoms with Gasteiger partial charge in [0.1, 0.15) is 5.78 Å². The second-order valence-corrected chi connectivity index (χ2v) is 6.23. The fraction of sp³-hybridized carbons (Fsp3) is 0.944. The zero-order valence-corrected chi connectivity index (χ0v) is 14.3. The minimum Gasteiger partial charge on any atom is -0.347 e. The number of ketones is 1. The van der Waals surface area contributed by atoms with Crippen molar-refractivity contribution >= 4 is 5.78 Å². The van der Waals surface area contributed by atoms with Gasteiger partial charge in [-0.2, -0.15) is 0 Å². The Balaban J connectivity index is 2.70. The highest BCUT2D eigenvalue weighted by Gasteiger charge is 2.46. The molecule has 0 aromatic heterocycles. The van der Waals surface area contributed by atoms with Gasteiger partial charge in [-0.15, -0.1) is 0 Å². The van der Waals surface area contributed by atoms with Crippen molar-refractivity contribution in [2.45, 2.75) is 90.8 Å². The summed E-state index contributed by atoms with van der Waals surface area (Å²) in [5.41, 5.74) is 0. The maximum atomic E-state index is 12.7. The van der Waals surface area contributed by atoms with E-state index in [1.165, 1.54) is 19.3 Å². The van der Waals surface area contributed by atoms with Gasteiger partial charge in [0, 0.05) is 12.8 Å². The van der Waals surface area contributed by atoms with Crippen molar-refractivity contribution in [2.24, 2.45) is 5.92 Å². The lowest BCUT2D eigenvalue weighted by Gasteiger charge is -2.35. The summed E-state index contributed by atoms with van der Waals surface area (Å²) in [4.78, 5) is 12.7. The number of hydrogen-bond donors (Lipinski definition) is 0.